The average molecular weight is 217 g/mol. The number of benzene rings is 3. The van der Waals surface area contributed by atoms with Crippen molar-refractivity contribution in [2.45, 2.75) is 0 Å². The van der Waals surface area contributed by atoms with Gasteiger partial charge in [0.2, 0.25) is 0 Å². The topological polar surface area (TPSA) is 20.2 Å². The SMILES string of the molecule is Oc1[c]c2c3c(cccc3c1)-c1ccccc1-2. The van der Waals surface area contributed by atoms with E-state index in [1.807, 2.05) is 24.3 Å². The molecule has 0 amide bonds. The second-order valence-corrected chi connectivity index (χ2v) is 4.34. The molecular formula is C16H9O. The molecule has 1 N–H and O–H groups in total. The number of phenolic OH excluding ortho intramolecular Hbond substituents is 1. The highest BCUT2D eigenvalue weighted by molar-refractivity contribution is 6.15. The molecule has 0 aliphatic heterocycles. The molecule has 1 aliphatic rings. The Morgan fingerprint density at radius 1 is 0.824 bits per heavy atom. The van der Waals surface area contributed by atoms with Crippen LogP contribution in [0.25, 0.3) is 33.0 Å². The number of hydrogen-bond acceptors (Lipinski definition) is 1. The van der Waals surface area contributed by atoms with Gasteiger partial charge in [-0.05, 0) is 33.5 Å². The van der Waals surface area contributed by atoms with Crippen LogP contribution in [0.4, 0.5) is 0 Å². The van der Waals surface area contributed by atoms with Crippen molar-refractivity contribution in [2.75, 3.05) is 0 Å². The number of fused-ring (bicyclic) bond motifs is 3. The Morgan fingerprint density at radius 3 is 2.47 bits per heavy atom. The smallest absolute Gasteiger partial charge is 0.124 e. The molecule has 0 spiro atoms. The Balaban J connectivity index is 2.30. The van der Waals surface area contributed by atoms with Gasteiger partial charge in [0.05, 0.1) is 0 Å². The highest BCUT2D eigenvalue weighted by Gasteiger charge is 2.21. The Morgan fingerprint density at radius 2 is 1.59 bits per heavy atom. The van der Waals surface area contributed by atoms with Gasteiger partial charge in [-0.2, -0.15) is 0 Å². The normalized spacial score (nSPS) is 11.8. The van der Waals surface area contributed by atoms with Crippen molar-refractivity contribution in [1.82, 2.24) is 0 Å². The molecule has 0 bridgehead atoms. The molecule has 79 valence electrons. The minimum atomic E-state index is 0.210. The Hall–Kier alpha value is -2.28. The van der Waals surface area contributed by atoms with E-state index in [0.29, 0.717) is 0 Å². The summed E-state index contributed by atoms with van der Waals surface area (Å²) in [5, 5.41) is 12.0. The lowest BCUT2D eigenvalue weighted by atomic mass is 10.0. The zero-order chi connectivity index (χ0) is 11.4. The van der Waals surface area contributed by atoms with Crippen molar-refractivity contribution in [3.63, 3.8) is 0 Å². The van der Waals surface area contributed by atoms with E-state index in [4.69, 9.17) is 0 Å². The third-order valence-corrected chi connectivity index (χ3v) is 3.38. The fraction of sp³-hybridized carbons (Fsp3) is 0. The van der Waals surface area contributed by atoms with Crippen LogP contribution in [0.15, 0.2) is 48.5 Å². The average Bonchev–Trinajstić information content (AvgIpc) is 2.67. The number of rotatable bonds is 0. The number of phenols is 1. The van der Waals surface area contributed by atoms with Gasteiger partial charge in [0.1, 0.15) is 5.75 Å². The first kappa shape index (κ1) is 8.82. The van der Waals surface area contributed by atoms with Gasteiger partial charge in [0.25, 0.3) is 0 Å². The van der Waals surface area contributed by atoms with E-state index < -0.39 is 0 Å². The fourth-order valence-electron chi connectivity index (χ4n) is 2.71. The van der Waals surface area contributed by atoms with Crippen LogP contribution in [-0.4, -0.2) is 5.11 Å². The highest BCUT2D eigenvalue weighted by Crippen LogP contribution is 2.47. The summed E-state index contributed by atoms with van der Waals surface area (Å²) in [6, 6.07) is 19.3. The molecule has 0 saturated carbocycles. The van der Waals surface area contributed by atoms with Gasteiger partial charge in [-0.1, -0.05) is 42.5 Å². The van der Waals surface area contributed by atoms with Crippen molar-refractivity contribution in [2.24, 2.45) is 0 Å². The minimum Gasteiger partial charge on any atom is -0.507 e. The van der Waals surface area contributed by atoms with Gasteiger partial charge in [-0.3, -0.25) is 0 Å². The molecule has 1 nitrogen and oxygen atoms in total. The maximum absolute atomic E-state index is 9.74. The lowest BCUT2D eigenvalue weighted by Crippen LogP contribution is -1.76. The molecule has 0 aromatic heterocycles. The van der Waals surface area contributed by atoms with E-state index in [-0.39, 0.29) is 5.75 Å². The first-order valence-corrected chi connectivity index (χ1v) is 5.62. The molecular weight excluding hydrogens is 208 g/mol. The molecule has 3 aromatic rings. The summed E-state index contributed by atoms with van der Waals surface area (Å²) in [4.78, 5) is 0. The molecule has 0 unspecified atom stereocenters. The summed E-state index contributed by atoms with van der Waals surface area (Å²) in [5.41, 5.74) is 4.65. The van der Waals surface area contributed by atoms with E-state index in [1.165, 1.54) is 16.5 Å². The minimum absolute atomic E-state index is 0.210. The van der Waals surface area contributed by atoms with Crippen LogP contribution in [0.3, 0.4) is 0 Å². The highest BCUT2D eigenvalue weighted by atomic mass is 16.3. The second kappa shape index (κ2) is 2.89. The first-order valence-electron chi connectivity index (χ1n) is 5.62. The van der Waals surface area contributed by atoms with Gasteiger partial charge in [-0.15, -0.1) is 0 Å². The zero-order valence-corrected chi connectivity index (χ0v) is 9.07. The fourth-order valence-corrected chi connectivity index (χ4v) is 2.71. The monoisotopic (exact) mass is 217 g/mol. The van der Waals surface area contributed by atoms with E-state index in [2.05, 4.69) is 24.3 Å². The van der Waals surface area contributed by atoms with Crippen molar-refractivity contribution in [3.05, 3.63) is 54.6 Å². The van der Waals surface area contributed by atoms with E-state index in [9.17, 15) is 5.11 Å². The Kier molecular flexibility index (Phi) is 1.50. The van der Waals surface area contributed by atoms with Crippen LogP contribution in [0, 0.1) is 6.07 Å². The van der Waals surface area contributed by atoms with Gasteiger partial charge in [0.15, 0.2) is 0 Å². The van der Waals surface area contributed by atoms with E-state index in [0.717, 1.165) is 16.5 Å². The third-order valence-electron chi connectivity index (χ3n) is 3.38. The maximum atomic E-state index is 9.74. The summed E-state index contributed by atoms with van der Waals surface area (Å²) in [6.07, 6.45) is 0. The lowest BCUT2D eigenvalue weighted by molar-refractivity contribution is 0.475. The summed E-state index contributed by atoms with van der Waals surface area (Å²) >= 11 is 0. The summed E-state index contributed by atoms with van der Waals surface area (Å²) in [6.45, 7) is 0. The predicted octanol–water partition coefficient (Wildman–Crippen LogP) is 3.99. The quantitative estimate of drug-likeness (QED) is 0.472. The van der Waals surface area contributed by atoms with Gasteiger partial charge < -0.3 is 5.11 Å². The van der Waals surface area contributed by atoms with Crippen LogP contribution < -0.4 is 0 Å². The molecule has 0 saturated heterocycles. The van der Waals surface area contributed by atoms with Gasteiger partial charge in [-0.25, -0.2) is 0 Å². The predicted molar refractivity (Wildman–Crippen MR) is 68.9 cm³/mol. The molecule has 1 heteroatoms. The van der Waals surface area contributed by atoms with Gasteiger partial charge in [0, 0.05) is 11.6 Å². The summed E-state index contributed by atoms with van der Waals surface area (Å²) < 4.78 is 0. The number of aromatic hydroxyl groups is 1. The summed E-state index contributed by atoms with van der Waals surface area (Å²) in [7, 11) is 0. The molecule has 0 atom stereocenters. The maximum Gasteiger partial charge on any atom is 0.124 e. The molecule has 3 aromatic carbocycles. The molecule has 4 rings (SSSR count). The zero-order valence-electron chi connectivity index (χ0n) is 9.07. The first-order chi connectivity index (χ1) is 8.34. The van der Waals surface area contributed by atoms with Crippen LogP contribution in [0.5, 0.6) is 5.75 Å². The van der Waals surface area contributed by atoms with Crippen LogP contribution in [0.2, 0.25) is 0 Å². The lowest BCUT2D eigenvalue weighted by Gasteiger charge is -2.02. The van der Waals surface area contributed by atoms with E-state index in [1.54, 1.807) is 6.07 Å². The van der Waals surface area contributed by atoms with Crippen molar-refractivity contribution in [1.29, 1.82) is 0 Å². The molecule has 17 heavy (non-hydrogen) atoms. The van der Waals surface area contributed by atoms with Crippen LogP contribution in [-0.2, 0) is 0 Å². The van der Waals surface area contributed by atoms with Gasteiger partial charge >= 0.3 is 0 Å². The third kappa shape index (κ3) is 1.03. The van der Waals surface area contributed by atoms with Crippen molar-refractivity contribution < 1.29 is 5.11 Å². The Bertz CT molecular complexity index is 757. The molecule has 0 fully saturated rings. The molecule has 0 heterocycles. The van der Waals surface area contributed by atoms with Crippen molar-refractivity contribution >= 4 is 10.8 Å². The van der Waals surface area contributed by atoms with Crippen LogP contribution >= 0.6 is 0 Å². The number of hydrogen-bond donors (Lipinski definition) is 1. The van der Waals surface area contributed by atoms with Crippen molar-refractivity contribution in [3.8, 4) is 28.0 Å². The molecule has 1 radical (unpaired) electrons. The van der Waals surface area contributed by atoms with E-state index >= 15 is 0 Å². The molecule has 1 aliphatic carbocycles. The Labute approximate surface area is 99.0 Å². The second-order valence-electron chi connectivity index (χ2n) is 4.34. The largest absolute Gasteiger partial charge is 0.507 e. The van der Waals surface area contributed by atoms with Crippen LogP contribution in [0.1, 0.15) is 0 Å². The summed E-state index contributed by atoms with van der Waals surface area (Å²) in [5.74, 6) is 0.210. The standard InChI is InChI=1S/C16H9O/c17-11-8-10-4-3-7-14-12-5-1-2-6-13(12)15(9-11)16(10)14/h1-8,17H.